The number of nitrogens with one attached hydrogen (secondary N) is 2. The molecule has 4 N–H and O–H groups in total. The maximum Gasteiger partial charge on any atom is 0.254 e. The van der Waals surface area contributed by atoms with Crippen LogP contribution in [0.15, 0.2) is 18.2 Å². The zero-order valence-electron chi connectivity index (χ0n) is 8.20. The molecule has 15 heavy (non-hydrogen) atoms. The summed E-state index contributed by atoms with van der Waals surface area (Å²) < 4.78 is 0. The van der Waals surface area contributed by atoms with E-state index in [0.717, 1.165) is 0 Å². The van der Waals surface area contributed by atoms with Gasteiger partial charge in [0.05, 0.1) is 11.3 Å². The van der Waals surface area contributed by atoms with E-state index in [-0.39, 0.29) is 11.8 Å². The predicted octanol–water partition coefficient (Wildman–Crippen LogP) is 0.339. The summed E-state index contributed by atoms with van der Waals surface area (Å²) >= 11 is 0. The Labute approximate surface area is 86.6 Å². The molecule has 0 radical (unpaired) electrons. The van der Waals surface area contributed by atoms with Crippen molar-refractivity contribution in [3.8, 4) is 0 Å². The predicted molar refractivity (Wildman–Crippen MR) is 56.4 cm³/mol. The summed E-state index contributed by atoms with van der Waals surface area (Å²) in [5, 5.41) is 5.22. The summed E-state index contributed by atoms with van der Waals surface area (Å²) in [7, 11) is 0. The molecule has 0 aromatic heterocycles. The molecule has 1 heterocycles. The molecule has 0 bridgehead atoms. The first-order valence-corrected chi connectivity index (χ1v) is 4.59. The maximum atomic E-state index is 11.7. The summed E-state index contributed by atoms with van der Waals surface area (Å²) in [5.41, 5.74) is 6.96. The lowest BCUT2D eigenvalue weighted by Gasteiger charge is -2.06. The minimum atomic E-state index is -0.536. The number of carbonyl (C=O) groups is 2. The highest BCUT2D eigenvalue weighted by Gasteiger charge is 2.24. The van der Waals surface area contributed by atoms with Crippen molar-refractivity contribution in [3.05, 3.63) is 23.8 Å². The average molecular weight is 205 g/mol. The van der Waals surface area contributed by atoms with Crippen molar-refractivity contribution in [2.75, 3.05) is 11.1 Å². The molecule has 1 aromatic carbocycles. The second kappa shape index (κ2) is 3.27. The second-order valence-corrected chi connectivity index (χ2v) is 3.49. The van der Waals surface area contributed by atoms with Gasteiger partial charge < -0.3 is 16.4 Å². The number of rotatable bonds is 0. The first kappa shape index (κ1) is 9.51. The van der Waals surface area contributed by atoms with Crippen molar-refractivity contribution in [1.29, 1.82) is 0 Å². The minimum Gasteiger partial charge on any atom is -0.399 e. The molecule has 1 aliphatic rings. The number of nitrogen functional groups attached to an aromatic ring is 1. The number of hydrogen-bond donors (Lipinski definition) is 3. The molecule has 0 aliphatic carbocycles. The monoisotopic (exact) mass is 205 g/mol. The number of amides is 2. The van der Waals surface area contributed by atoms with Crippen molar-refractivity contribution >= 4 is 23.2 Å². The van der Waals surface area contributed by atoms with E-state index in [1.54, 1.807) is 25.1 Å². The lowest BCUT2D eigenvalue weighted by atomic mass is 10.1. The summed E-state index contributed by atoms with van der Waals surface area (Å²) in [6, 6.07) is 4.28. The summed E-state index contributed by atoms with van der Waals surface area (Å²) in [6.45, 7) is 1.63. The molecule has 1 aromatic rings. The molecule has 1 atom stereocenters. The fourth-order valence-electron chi connectivity index (χ4n) is 1.44. The minimum absolute atomic E-state index is 0.230. The quantitative estimate of drug-likeness (QED) is 0.534. The Kier molecular flexibility index (Phi) is 2.07. The van der Waals surface area contributed by atoms with Gasteiger partial charge in [0.2, 0.25) is 5.91 Å². The molecular weight excluding hydrogens is 194 g/mol. The van der Waals surface area contributed by atoms with E-state index in [1.165, 1.54) is 0 Å². The number of anilines is 2. The molecule has 5 nitrogen and oxygen atoms in total. The van der Waals surface area contributed by atoms with Crippen molar-refractivity contribution in [1.82, 2.24) is 5.32 Å². The van der Waals surface area contributed by atoms with Crippen LogP contribution in [0.1, 0.15) is 17.3 Å². The van der Waals surface area contributed by atoms with Crippen molar-refractivity contribution in [2.24, 2.45) is 0 Å². The number of carbonyl (C=O) groups excluding carboxylic acids is 2. The van der Waals surface area contributed by atoms with Gasteiger partial charge in [0.15, 0.2) is 0 Å². The van der Waals surface area contributed by atoms with Crippen LogP contribution in [0.3, 0.4) is 0 Å². The molecule has 0 fully saturated rings. The van der Waals surface area contributed by atoms with Gasteiger partial charge in [-0.15, -0.1) is 0 Å². The summed E-state index contributed by atoms with van der Waals surface area (Å²) in [5.74, 6) is -0.518. The van der Waals surface area contributed by atoms with Crippen LogP contribution in [0.25, 0.3) is 0 Å². The first-order valence-electron chi connectivity index (χ1n) is 4.59. The summed E-state index contributed by atoms with van der Waals surface area (Å²) in [4.78, 5) is 23.1. The molecule has 2 rings (SSSR count). The van der Waals surface area contributed by atoms with Crippen LogP contribution >= 0.6 is 0 Å². The van der Waals surface area contributed by atoms with Gasteiger partial charge in [0, 0.05) is 5.69 Å². The zero-order valence-corrected chi connectivity index (χ0v) is 8.20. The number of nitrogens with two attached hydrogens (primary N) is 1. The Balaban J connectivity index is 2.51. The number of hydrogen-bond acceptors (Lipinski definition) is 3. The first-order chi connectivity index (χ1) is 7.08. The smallest absolute Gasteiger partial charge is 0.254 e. The Morgan fingerprint density at radius 3 is 2.80 bits per heavy atom. The third kappa shape index (κ3) is 1.63. The Bertz CT molecular complexity index is 442. The third-order valence-electron chi connectivity index (χ3n) is 2.29. The van der Waals surface area contributed by atoms with Crippen molar-refractivity contribution in [3.63, 3.8) is 0 Å². The topological polar surface area (TPSA) is 84.2 Å². The van der Waals surface area contributed by atoms with E-state index >= 15 is 0 Å². The standard InChI is InChI=1S/C10H11N3O2/c1-5-9(14)13-8-3-2-6(11)4-7(8)10(15)12-5/h2-5H,11H2,1H3,(H,12,15)(H,13,14). The van der Waals surface area contributed by atoms with E-state index in [2.05, 4.69) is 10.6 Å². The van der Waals surface area contributed by atoms with Crippen LogP contribution in [0.4, 0.5) is 11.4 Å². The van der Waals surface area contributed by atoms with Gasteiger partial charge in [-0.2, -0.15) is 0 Å². The SMILES string of the molecule is CC1NC(=O)c2cc(N)ccc2NC1=O. The van der Waals surface area contributed by atoms with Crippen LogP contribution < -0.4 is 16.4 Å². The molecule has 1 aliphatic heterocycles. The van der Waals surface area contributed by atoms with E-state index < -0.39 is 6.04 Å². The molecule has 0 spiro atoms. The molecule has 0 saturated carbocycles. The normalized spacial score (nSPS) is 19.9. The third-order valence-corrected chi connectivity index (χ3v) is 2.29. The van der Waals surface area contributed by atoms with Gasteiger partial charge in [-0.1, -0.05) is 0 Å². The molecule has 5 heteroatoms. The Morgan fingerprint density at radius 2 is 2.07 bits per heavy atom. The van der Waals surface area contributed by atoms with E-state index in [0.29, 0.717) is 16.9 Å². The van der Waals surface area contributed by atoms with Gasteiger partial charge in [-0.05, 0) is 25.1 Å². The van der Waals surface area contributed by atoms with Gasteiger partial charge >= 0.3 is 0 Å². The fourth-order valence-corrected chi connectivity index (χ4v) is 1.44. The lowest BCUT2D eigenvalue weighted by molar-refractivity contribution is -0.117. The van der Waals surface area contributed by atoms with Gasteiger partial charge in [0.25, 0.3) is 5.91 Å². The summed E-state index contributed by atoms with van der Waals surface area (Å²) in [6.07, 6.45) is 0. The zero-order chi connectivity index (χ0) is 11.0. The largest absolute Gasteiger partial charge is 0.399 e. The average Bonchev–Trinajstić information content (AvgIpc) is 2.28. The van der Waals surface area contributed by atoms with Crippen LogP contribution in [-0.4, -0.2) is 17.9 Å². The Hall–Kier alpha value is -2.04. The van der Waals surface area contributed by atoms with Gasteiger partial charge in [-0.25, -0.2) is 0 Å². The van der Waals surface area contributed by atoms with Crippen molar-refractivity contribution < 1.29 is 9.59 Å². The number of benzene rings is 1. The number of fused-ring (bicyclic) bond motifs is 1. The van der Waals surface area contributed by atoms with Crippen molar-refractivity contribution in [2.45, 2.75) is 13.0 Å². The molecule has 0 saturated heterocycles. The second-order valence-electron chi connectivity index (χ2n) is 3.49. The van der Waals surface area contributed by atoms with Crippen LogP contribution in [0.5, 0.6) is 0 Å². The lowest BCUT2D eigenvalue weighted by Crippen LogP contribution is -2.38. The molecule has 2 amide bonds. The van der Waals surface area contributed by atoms with E-state index in [9.17, 15) is 9.59 Å². The molecule has 1 unspecified atom stereocenters. The highest BCUT2D eigenvalue weighted by Crippen LogP contribution is 2.21. The highest BCUT2D eigenvalue weighted by atomic mass is 16.2. The van der Waals surface area contributed by atoms with Gasteiger partial charge in [0.1, 0.15) is 6.04 Å². The van der Waals surface area contributed by atoms with Crippen LogP contribution in [-0.2, 0) is 4.79 Å². The van der Waals surface area contributed by atoms with Crippen LogP contribution in [0, 0.1) is 0 Å². The Morgan fingerprint density at radius 1 is 1.33 bits per heavy atom. The van der Waals surface area contributed by atoms with E-state index in [4.69, 9.17) is 5.73 Å². The maximum absolute atomic E-state index is 11.7. The van der Waals surface area contributed by atoms with E-state index in [1.807, 2.05) is 0 Å². The van der Waals surface area contributed by atoms with Gasteiger partial charge in [-0.3, -0.25) is 9.59 Å². The highest BCUT2D eigenvalue weighted by molar-refractivity contribution is 6.10. The van der Waals surface area contributed by atoms with Crippen LogP contribution in [0.2, 0.25) is 0 Å². The molecular formula is C10H11N3O2. The molecule has 78 valence electrons. The fraction of sp³-hybridized carbons (Fsp3) is 0.200.